The van der Waals surface area contributed by atoms with E-state index < -0.39 is 5.41 Å². The Morgan fingerprint density at radius 2 is 1.61 bits per heavy atom. The molecule has 0 aliphatic heterocycles. The van der Waals surface area contributed by atoms with Crippen LogP contribution in [-0.4, -0.2) is 22.5 Å². The minimum Gasteiger partial charge on any atom is -0.409 e. The van der Waals surface area contributed by atoms with Crippen LogP contribution in [0.25, 0.3) is 0 Å². The maximum Gasteiger partial charge on any atom is 0.234 e. The van der Waals surface area contributed by atoms with Crippen LogP contribution in [0.1, 0.15) is 60.3 Å². The van der Waals surface area contributed by atoms with Crippen molar-refractivity contribution in [1.29, 1.82) is 0 Å². The standard InChI is InChI=1S/C13H27N3O2/c1-6-12(5,10(14)16-18)11(17)15-13(7-2,8-3)9-4/h18H,6-9H2,1-5H3,(H2,14,16)(H,15,17). The summed E-state index contributed by atoms with van der Waals surface area (Å²) in [5, 5.41) is 14.9. The van der Waals surface area contributed by atoms with Gasteiger partial charge in [0.1, 0.15) is 5.41 Å². The van der Waals surface area contributed by atoms with Crippen LogP contribution in [0.2, 0.25) is 0 Å². The van der Waals surface area contributed by atoms with E-state index in [1.807, 2.05) is 6.92 Å². The van der Waals surface area contributed by atoms with Crippen LogP contribution in [0.5, 0.6) is 0 Å². The summed E-state index contributed by atoms with van der Waals surface area (Å²) < 4.78 is 0. The van der Waals surface area contributed by atoms with Crippen LogP contribution in [0.15, 0.2) is 5.16 Å². The lowest BCUT2D eigenvalue weighted by Crippen LogP contribution is -2.55. The Balaban J connectivity index is 5.15. The largest absolute Gasteiger partial charge is 0.409 e. The van der Waals surface area contributed by atoms with Crippen molar-refractivity contribution < 1.29 is 10.0 Å². The second-order valence-corrected chi connectivity index (χ2v) is 4.97. The SMILES string of the molecule is CCC(CC)(CC)NC(=O)C(C)(CC)C(N)=NO. The molecule has 5 heteroatoms. The molecule has 106 valence electrons. The highest BCUT2D eigenvalue weighted by molar-refractivity contribution is 6.06. The monoisotopic (exact) mass is 257 g/mol. The fourth-order valence-electron chi connectivity index (χ4n) is 1.96. The quantitative estimate of drug-likeness (QED) is 0.283. The third kappa shape index (κ3) is 3.15. The van der Waals surface area contributed by atoms with Crippen LogP contribution in [0.4, 0.5) is 0 Å². The first-order chi connectivity index (χ1) is 8.35. The molecule has 0 saturated heterocycles. The Kier molecular flexibility index (Phi) is 6.15. The molecule has 0 aliphatic carbocycles. The number of nitrogens with zero attached hydrogens (tertiary/aromatic N) is 1. The van der Waals surface area contributed by atoms with E-state index in [0.717, 1.165) is 19.3 Å². The Hall–Kier alpha value is -1.26. The number of hydrogen-bond donors (Lipinski definition) is 3. The van der Waals surface area contributed by atoms with Gasteiger partial charge < -0.3 is 16.3 Å². The molecule has 0 aromatic rings. The highest BCUT2D eigenvalue weighted by atomic mass is 16.4. The zero-order valence-corrected chi connectivity index (χ0v) is 12.2. The molecule has 0 radical (unpaired) electrons. The first-order valence-corrected chi connectivity index (χ1v) is 6.66. The van der Waals surface area contributed by atoms with Crippen molar-refractivity contribution in [3.8, 4) is 0 Å². The zero-order valence-electron chi connectivity index (χ0n) is 12.2. The van der Waals surface area contributed by atoms with Gasteiger partial charge in [0.05, 0.1) is 0 Å². The molecule has 0 saturated carbocycles. The zero-order chi connectivity index (χ0) is 14.4. The summed E-state index contributed by atoms with van der Waals surface area (Å²) >= 11 is 0. The normalized spacial score (nSPS) is 16.2. The first-order valence-electron chi connectivity index (χ1n) is 6.66. The van der Waals surface area contributed by atoms with Gasteiger partial charge in [-0.1, -0.05) is 32.9 Å². The summed E-state index contributed by atoms with van der Waals surface area (Å²) in [5.41, 5.74) is 4.48. The van der Waals surface area contributed by atoms with Gasteiger partial charge in [-0.25, -0.2) is 0 Å². The molecular formula is C13H27N3O2. The minimum absolute atomic E-state index is 0.0419. The lowest BCUT2D eigenvalue weighted by molar-refractivity contribution is -0.129. The van der Waals surface area contributed by atoms with E-state index in [2.05, 4.69) is 31.2 Å². The molecule has 1 amide bonds. The van der Waals surface area contributed by atoms with Crippen molar-refractivity contribution in [2.75, 3.05) is 0 Å². The molecule has 0 heterocycles. The summed E-state index contributed by atoms with van der Waals surface area (Å²) in [6, 6.07) is 0. The topological polar surface area (TPSA) is 87.7 Å². The van der Waals surface area contributed by atoms with E-state index in [1.54, 1.807) is 6.92 Å². The number of carbonyl (C=O) groups is 1. The molecule has 5 nitrogen and oxygen atoms in total. The molecule has 0 aromatic carbocycles. The van der Waals surface area contributed by atoms with Crippen LogP contribution in [0.3, 0.4) is 0 Å². The molecule has 1 unspecified atom stereocenters. The van der Waals surface area contributed by atoms with E-state index in [0.29, 0.717) is 6.42 Å². The van der Waals surface area contributed by atoms with Gasteiger partial charge in [0.2, 0.25) is 5.91 Å². The van der Waals surface area contributed by atoms with Crippen molar-refractivity contribution in [3.63, 3.8) is 0 Å². The summed E-state index contributed by atoms with van der Waals surface area (Å²) in [7, 11) is 0. The average Bonchev–Trinajstić information content (AvgIpc) is 2.42. The molecule has 0 aromatic heterocycles. The van der Waals surface area contributed by atoms with Crippen molar-refractivity contribution in [3.05, 3.63) is 0 Å². The summed E-state index contributed by atoms with van der Waals surface area (Å²) in [6.45, 7) is 9.71. The molecule has 0 bridgehead atoms. The predicted octanol–water partition coefficient (Wildman–Crippen LogP) is 2.23. The molecule has 4 N–H and O–H groups in total. The number of rotatable bonds is 7. The van der Waals surface area contributed by atoms with Gasteiger partial charge in [-0.05, 0) is 32.6 Å². The minimum atomic E-state index is -0.959. The van der Waals surface area contributed by atoms with E-state index in [9.17, 15) is 4.79 Å². The van der Waals surface area contributed by atoms with Gasteiger partial charge in [0.25, 0.3) is 0 Å². The second-order valence-electron chi connectivity index (χ2n) is 4.97. The lowest BCUT2D eigenvalue weighted by atomic mass is 9.82. The van der Waals surface area contributed by atoms with Crippen molar-refractivity contribution in [2.24, 2.45) is 16.3 Å². The maximum atomic E-state index is 12.4. The summed E-state index contributed by atoms with van der Waals surface area (Å²) in [6.07, 6.45) is 3.08. The number of hydrogen-bond acceptors (Lipinski definition) is 3. The van der Waals surface area contributed by atoms with E-state index in [-0.39, 0.29) is 17.3 Å². The number of carbonyl (C=O) groups excluding carboxylic acids is 1. The smallest absolute Gasteiger partial charge is 0.234 e. The fraction of sp³-hybridized carbons (Fsp3) is 0.846. The number of amidine groups is 1. The highest BCUT2D eigenvalue weighted by Gasteiger charge is 2.39. The Bertz CT molecular complexity index is 303. The molecule has 0 fully saturated rings. The number of oxime groups is 1. The molecule has 1 atom stereocenters. The van der Waals surface area contributed by atoms with Crippen LogP contribution in [-0.2, 0) is 4.79 Å². The van der Waals surface area contributed by atoms with E-state index >= 15 is 0 Å². The van der Waals surface area contributed by atoms with Gasteiger partial charge in [-0.15, -0.1) is 0 Å². The van der Waals surface area contributed by atoms with Gasteiger partial charge in [-0.3, -0.25) is 4.79 Å². The fourth-order valence-corrected chi connectivity index (χ4v) is 1.96. The van der Waals surface area contributed by atoms with Crippen LogP contribution in [0, 0.1) is 5.41 Å². The second kappa shape index (κ2) is 6.61. The lowest BCUT2D eigenvalue weighted by Gasteiger charge is -2.36. The van der Waals surface area contributed by atoms with Gasteiger partial charge in [0.15, 0.2) is 5.84 Å². The first kappa shape index (κ1) is 16.7. The predicted molar refractivity (Wildman–Crippen MR) is 73.6 cm³/mol. The molecular weight excluding hydrogens is 230 g/mol. The van der Waals surface area contributed by atoms with Gasteiger partial charge in [0, 0.05) is 5.54 Å². The maximum absolute atomic E-state index is 12.4. The molecule has 0 aliphatic rings. The molecule has 18 heavy (non-hydrogen) atoms. The van der Waals surface area contributed by atoms with E-state index in [4.69, 9.17) is 10.9 Å². The number of nitrogens with one attached hydrogen (secondary N) is 1. The van der Waals surface area contributed by atoms with Crippen LogP contribution < -0.4 is 11.1 Å². The van der Waals surface area contributed by atoms with Crippen molar-refractivity contribution >= 4 is 11.7 Å². The molecule has 0 spiro atoms. The Morgan fingerprint density at radius 3 is 1.89 bits per heavy atom. The highest BCUT2D eigenvalue weighted by Crippen LogP contribution is 2.26. The Labute approximate surface area is 110 Å². The number of nitrogens with two attached hydrogens (primary N) is 1. The third-order valence-electron chi connectivity index (χ3n) is 4.29. The number of amides is 1. The van der Waals surface area contributed by atoms with Crippen molar-refractivity contribution in [2.45, 2.75) is 65.8 Å². The van der Waals surface area contributed by atoms with Crippen molar-refractivity contribution in [1.82, 2.24) is 5.32 Å². The average molecular weight is 257 g/mol. The van der Waals surface area contributed by atoms with E-state index in [1.165, 1.54) is 0 Å². The Morgan fingerprint density at radius 1 is 1.17 bits per heavy atom. The summed E-state index contributed by atoms with van der Waals surface area (Å²) in [4.78, 5) is 12.4. The van der Waals surface area contributed by atoms with Gasteiger partial charge in [-0.2, -0.15) is 0 Å². The van der Waals surface area contributed by atoms with Crippen LogP contribution >= 0.6 is 0 Å². The molecule has 0 rings (SSSR count). The summed E-state index contributed by atoms with van der Waals surface area (Å²) in [5.74, 6) is -0.217. The van der Waals surface area contributed by atoms with Gasteiger partial charge >= 0.3 is 0 Å². The third-order valence-corrected chi connectivity index (χ3v) is 4.29.